The topological polar surface area (TPSA) is 45.2 Å². The maximum Gasteiger partial charge on any atom is 0.245 e. The van der Waals surface area contributed by atoms with E-state index in [-0.39, 0.29) is 11.9 Å². The van der Waals surface area contributed by atoms with Gasteiger partial charge in [0.25, 0.3) is 0 Å². The number of hydrogen-bond acceptors (Lipinski definition) is 4. The third kappa shape index (κ3) is 2.09. The van der Waals surface area contributed by atoms with Gasteiger partial charge in [-0.05, 0) is 25.8 Å². The molecular formula is C12H17N3OS. The van der Waals surface area contributed by atoms with Crippen LogP contribution in [0.4, 0.5) is 5.13 Å². The molecule has 1 N–H and O–H groups in total. The summed E-state index contributed by atoms with van der Waals surface area (Å²) >= 11 is 1.61. The van der Waals surface area contributed by atoms with Crippen LogP contribution in [0, 0.1) is 0 Å². The first-order valence-corrected chi connectivity index (χ1v) is 7.17. The van der Waals surface area contributed by atoms with Crippen molar-refractivity contribution in [1.29, 1.82) is 0 Å². The summed E-state index contributed by atoms with van der Waals surface area (Å²) in [6, 6.07) is -0.00623. The fourth-order valence-corrected chi connectivity index (χ4v) is 3.21. The summed E-state index contributed by atoms with van der Waals surface area (Å²) in [7, 11) is 0. The Morgan fingerprint density at radius 1 is 1.53 bits per heavy atom. The first-order valence-electron chi connectivity index (χ1n) is 6.29. The molecule has 17 heavy (non-hydrogen) atoms. The van der Waals surface area contributed by atoms with E-state index in [1.54, 1.807) is 11.3 Å². The van der Waals surface area contributed by atoms with Crippen LogP contribution in [0.5, 0.6) is 0 Å². The first kappa shape index (κ1) is 11.2. The van der Waals surface area contributed by atoms with E-state index in [2.05, 4.69) is 15.7 Å². The summed E-state index contributed by atoms with van der Waals surface area (Å²) in [5.41, 5.74) is 1.18. The van der Waals surface area contributed by atoms with Gasteiger partial charge in [0.05, 0.1) is 11.7 Å². The number of aromatic nitrogens is 1. The molecule has 0 bridgehead atoms. The fraction of sp³-hybridized carbons (Fsp3) is 0.667. The van der Waals surface area contributed by atoms with Crippen molar-refractivity contribution in [3.8, 4) is 0 Å². The molecule has 0 radical (unpaired) electrons. The van der Waals surface area contributed by atoms with Crippen LogP contribution in [0.1, 0.15) is 37.8 Å². The Morgan fingerprint density at radius 2 is 2.35 bits per heavy atom. The Bertz CT molecular complexity index is 427. The van der Waals surface area contributed by atoms with Crippen molar-refractivity contribution in [2.24, 2.45) is 0 Å². The predicted molar refractivity (Wildman–Crippen MR) is 68.5 cm³/mol. The van der Waals surface area contributed by atoms with E-state index in [0.717, 1.165) is 24.6 Å². The Hall–Kier alpha value is -0.940. The third-order valence-electron chi connectivity index (χ3n) is 3.39. The van der Waals surface area contributed by atoms with E-state index in [1.807, 2.05) is 11.8 Å². The van der Waals surface area contributed by atoms with Crippen LogP contribution in [-0.4, -0.2) is 30.0 Å². The molecule has 92 valence electrons. The highest BCUT2D eigenvalue weighted by Gasteiger charge is 2.34. The van der Waals surface area contributed by atoms with Crippen molar-refractivity contribution in [3.63, 3.8) is 0 Å². The Kier molecular flexibility index (Phi) is 2.88. The molecule has 1 aliphatic heterocycles. The maximum absolute atomic E-state index is 12.1. The fourth-order valence-electron chi connectivity index (χ4n) is 2.27. The maximum atomic E-state index is 12.1. The van der Waals surface area contributed by atoms with E-state index in [0.29, 0.717) is 5.92 Å². The zero-order chi connectivity index (χ0) is 11.8. The van der Waals surface area contributed by atoms with Crippen molar-refractivity contribution in [1.82, 2.24) is 10.3 Å². The highest BCUT2D eigenvalue weighted by molar-refractivity contribution is 7.14. The lowest BCUT2D eigenvalue weighted by molar-refractivity contribution is -0.118. The number of carbonyl (C=O) groups excluding carboxylic acids is 1. The highest BCUT2D eigenvalue weighted by Crippen LogP contribution is 2.41. The monoisotopic (exact) mass is 251 g/mol. The highest BCUT2D eigenvalue weighted by atomic mass is 32.1. The minimum absolute atomic E-state index is 0.00623. The van der Waals surface area contributed by atoms with Crippen LogP contribution in [0.3, 0.4) is 0 Å². The van der Waals surface area contributed by atoms with Gasteiger partial charge in [-0.1, -0.05) is 6.92 Å². The van der Waals surface area contributed by atoms with Crippen molar-refractivity contribution >= 4 is 22.4 Å². The molecule has 1 aromatic rings. The summed E-state index contributed by atoms with van der Waals surface area (Å²) in [5.74, 6) is 0.853. The first-order chi connectivity index (χ1) is 8.29. The molecule has 1 atom stereocenters. The molecule has 0 aromatic carbocycles. The molecule has 1 aliphatic carbocycles. The summed E-state index contributed by atoms with van der Waals surface area (Å²) in [4.78, 5) is 18.6. The molecule has 2 fully saturated rings. The molecule has 2 aliphatic rings. The normalized spacial score (nSPS) is 24.6. The van der Waals surface area contributed by atoms with E-state index in [1.165, 1.54) is 18.5 Å². The molecule has 1 aromatic heterocycles. The Morgan fingerprint density at radius 3 is 3.06 bits per heavy atom. The van der Waals surface area contributed by atoms with Crippen LogP contribution in [0.15, 0.2) is 5.38 Å². The summed E-state index contributed by atoms with van der Waals surface area (Å²) in [6.07, 6.45) is 3.42. The Balaban J connectivity index is 1.73. The molecule has 1 unspecified atom stereocenters. The average Bonchev–Trinajstić information content (AvgIpc) is 2.96. The SMILES string of the molecule is CCNC1CCN(c2nc(C3CC3)cs2)C1=O. The van der Waals surface area contributed by atoms with Gasteiger partial charge in [0.15, 0.2) is 5.13 Å². The lowest BCUT2D eigenvalue weighted by Crippen LogP contribution is -2.38. The Labute approximate surface area is 105 Å². The van der Waals surface area contributed by atoms with Gasteiger partial charge < -0.3 is 5.32 Å². The molecule has 1 saturated carbocycles. The van der Waals surface area contributed by atoms with Crippen LogP contribution >= 0.6 is 11.3 Å². The number of nitrogens with zero attached hydrogens (tertiary/aromatic N) is 2. The molecule has 1 amide bonds. The van der Waals surface area contributed by atoms with Gasteiger partial charge in [-0.3, -0.25) is 9.69 Å². The third-order valence-corrected chi connectivity index (χ3v) is 4.27. The number of thiazole rings is 1. The number of nitrogens with one attached hydrogen (secondary N) is 1. The van der Waals surface area contributed by atoms with Crippen molar-refractivity contribution in [2.45, 2.75) is 38.1 Å². The van der Waals surface area contributed by atoms with Crippen LogP contribution in [0.2, 0.25) is 0 Å². The molecule has 1 saturated heterocycles. The summed E-state index contributed by atoms with van der Waals surface area (Å²) < 4.78 is 0. The molecule has 5 heteroatoms. The molecule has 0 spiro atoms. The largest absolute Gasteiger partial charge is 0.306 e. The lowest BCUT2D eigenvalue weighted by atomic mass is 10.2. The van der Waals surface area contributed by atoms with Crippen LogP contribution < -0.4 is 10.2 Å². The van der Waals surface area contributed by atoms with E-state index < -0.39 is 0 Å². The molecule has 4 nitrogen and oxygen atoms in total. The quantitative estimate of drug-likeness (QED) is 0.886. The number of rotatable bonds is 4. The minimum Gasteiger partial charge on any atom is -0.306 e. The van der Waals surface area contributed by atoms with Crippen LogP contribution in [0.25, 0.3) is 0 Å². The van der Waals surface area contributed by atoms with E-state index in [4.69, 9.17) is 0 Å². The van der Waals surface area contributed by atoms with Gasteiger partial charge in [0.1, 0.15) is 0 Å². The van der Waals surface area contributed by atoms with Crippen molar-refractivity contribution in [3.05, 3.63) is 11.1 Å². The second kappa shape index (κ2) is 4.38. The van der Waals surface area contributed by atoms with E-state index in [9.17, 15) is 4.79 Å². The average molecular weight is 251 g/mol. The number of likely N-dealkylation sites (N-methyl/N-ethyl adjacent to an activating group) is 1. The molecule has 3 rings (SSSR count). The van der Waals surface area contributed by atoms with Gasteiger partial charge in [0, 0.05) is 17.8 Å². The van der Waals surface area contributed by atoms with Gasteiger partial charge in [0.2, 0.25) is 5.91 Å². The summed E-state index contributed by atoms with van der Waals surface area (Å²) in [6.45, 7) is 3.67. The van der Waals surface area contributed by atoms with Crippen molar-refractivity contribution in [2.75, 3.05) is 18.0 Å². The standard InChI is InChI=1S/C12H17N3OS/c1-2-13-9-5-6-15(11(9)16)12-14-10(7-17-12)8-3-4-8/h7-9,13H,2-6H2,1H3. The number of amides is 1. The second-order valence-electron chi connectivity index (χ2n) is 4.72. The van der Waals surface area contributed by atoms with Gasteiger partial charge in [-0.2, -0.15) is 0 Å². The number of hydrogen-bond donors (Lipinski definition) is 1. The van der Waals surface area contributed by atoms with Gasteiger partial charge >= 0.3 is 0 Å². The number of carbonyl (C=O) groups is 1. The molecular weight excluding hydrogens is 234 g/mol. The number of anilines is 1. The smallest absolute Gasteiger partial charge is 0.245 e. The zero-order valence-corrected chi connectivity index (χ0v) is 10.8. The molecule has 2 heterocycles. The summed E-state index contributed by atoms with van der Waals surface area (Å²) in [5, 5.41) is 6.22. The second-order valence-corrected chi connectivity index (χ2v) is 5.55. The van der Waals surface area contributed by atoms with E-state index >= 15 is 0 Å². The lowest BCUT2D eigenvalue weighted by Gasteiger charge is -2.13. The zero-order valence-electron chi connectivity index (χ0n) is 9.98. The van der Waals surface area contributed by atoms with Crippen LogP contribution in [-0.2, 0) is 4.79 Å². The van der Waals surface area contributed by atoms with Crippen molar-refractivity contribution < 1.29 is 4.79 Å². The van der Waals surface area contributed by atoms with Gasteiger partial charge in [-0.25, -0.2) is 4.98 Å². The predicted octanol–water partition coefficient (Wildman–Crippen LogP) is 1.74. The minimum atomic E-state index is -0.00623. The van der Waals surface area contributed by atoms with Gasteiger partial charge in [-0.15, -0.1) is 11.3 Å².